The van der Waals surface area contributed by atoms with Gasteiger partial charge in [0.15, 0.2) is 5.82 Å². The highest BCUT2D eigenvalue weighted by atomic mass is 16.3. The molecule has 0 aliphatic heterocycles. The third-order valence-electron chi connectivity index (χ3n) is 7.89. The second kappa shape index (κ2) is 10.6. The molecule has 0 saturated heterocycles. The molecule has 8 rings (SSSR count). The molecular weight excluding hydrogens is 524 g/mol. The van der Waals surface area contributed by atoms with Crippen molar-refractivity contribution in [2.45, 2.75) is 0 Å². The second-order valence-corrected chi connectivity index (χ2v) is 10.7. The van der Waals surface area contributed by atoms with Crippen molar-refractivity contribution in [3.05, 3.63) is 158 Å². The summed E-state index contributed by atoms with van der Waals surface area (Å²) in [5, 5.41) is 1.92. The van der Waals surface area contributed by atoms with Crippen LogP contribution >= 0.6 is 0 Å². The van der Waals surface area contributed by atoms with Gasteiger partial charge in [-0.3, -0.25) is 0 Å². The summed E-state index contributed by atoms with van der Waals surface area (Å²) in [6, 6.07) is 54.6. The van der Waals surface area contributed by atoms with Gasteiger partial charge in [0.05, 0.1) is 11.1 Å². The van der Waals surface area contributed by atoms with E-state index in [2.05, 4.69) is 121 Å². The Bertz CT molecular complexity index is 2160. The van der Waals surface area contributed by atoms with Crippen molar-refractivity contribution in [2.24, 2.45) is 0 Å². The largest absolute Gasteiger partial charge is 0.438 e. The highest BCUT2D eigenvalue weighted by Crippen LogP contribution is 2.39. The van der Waals surface area contributed by atoms with Gasteiger partial charge < -0.3 is 4.42 Å². The quantitative estimate of drug-likeness (QED) is 0.214. The molecule has 0 aliphatic rings. The Morgan fingerprint density at radius 3 is 1.51 bits per heavy atom. The predicted molar refractivity (Wildman–Crippen MR) is 176 cm³/mol. The summed E-state index contributed by atoms with van der Waals surface area (Å²) in [7, 11) is 0. The van der Waals surface area contributed by atoms with Crippen molar-refractivity contribution in [1.29, 1.82) is 0 Å². The van der Waals surface area contributed by atoms with Crippen LogP contribution in [0.15, 0.2) is 162 Å². The fourth-order valence-electron chi connectivity index (χ4n) is 5.79. The van der Waals surface area contributed by atoms with E-state index in [0.29, 0.717) is 11.5 Å². The lowest BCUT2D eigenvalue weighted by Gasteiger charge is -2.13. The van der Waals surface area contributed by atoms with Gasteiger partial charge >= 0.3 is 0 Å². The number of benzene rings is 6. The van der Waals surface area contributed by atoms with E-state index in [1.165, 1.54) is 0 Å². The van der Waals surface area contributed by atoms with Crippen molar-refractivity contribution < 1.29 is 4.42 Å². The van der Waals surface area contributed by atoms with Crippen LogP contribution in [0.4, 0.5) is 0 Å². The maximum Gasteiger partial charge on any atom is 0.231 e. The van der Waals surface area contributed by atoms with Gasteiger partial charge in [-0.25, -0.2) is 4.98 Å². The molecule has 2 aromatic heterocycles. The monoisotopic (exact) mass is 550 g/mol. The molecule has 8 aromatic rings. The van der Waals surface area contributed by atoms with Crippen molar-refractivity contribution >= 4 is 22.1 Å². The normalized spacial score (nSPS) is 11.3. The Kier molecular flexibility index (Phi) is 6.12. The maximum atomic E-state index is 6.37. The molecule has 43 heavy (non-hydrogen) atoms. The van der Waals surface area contributed by atoms with E-state index < -0.39 is 0 Å². The van der Waals surface area contributed by atoms with Gasteiger partial charge in [0, 0.05) is 16.5 Å². The molecule has 3 nitrogen and oxygen atoms in total. The molecule has 0 spiro atoms. The average Bonchev–Trinajstić information content (AvgIpc) is 3.47. The van der Waals surface area contributed by atoms with Crippen LogP contribution < -0.4 is 0 Å². The first-order valence-corrected chi connectivity index (χ1v) is 14.4. The molecule has 0 amide bonds. The van der Waals surface area contributed by atoms with Gasteiger partial charge in [-0.05, 0) is 63.7 Å². The molecule has 0 saturated carbocycles. The van der Waals surface area contributed by atoms with Crippen LogP contribution in [0.5, 0.6) is 0 Å². The number of para-hydroxylation sites is 1. The van der Waals surface area contributed by atoms with Crippen LogP contribution in [0.1, 0.15) is 0 Å². The van der Waals surface area contributed by atoms with Crippen molar-refractivity contribution in [2.75, 3.05) is 0 Å². The van der Waals surface area contributed by atoms with Gasteiger partial charge in [-0.15, -0.1) is 0 Å². The lowest BCUT2D eigenvalue weighted by Crippen LogP contribution is -1.95. The number of rotatable bonds is 5. The third kappa shape index (κ3) is 4.67. The topological polar surface area (TPSA) is 38.9 Å². The van der Waals surface area contributed by atoms with E-state index in [4.69, 9.17) is 14.4 Å². The van der Waals surface area contributed by atoms with Crippen LogP contribution in [0.25, 0.3) is 78.1 Å². The number of hydrogen-bond donors (Lipinski definition) is 0. The standard InChI is InChI=1S/C40H26N2O/c1-4-13-27(14-5-1)30-19-12-20-31(23-30)39-41-38(37-35-21-10-11-22-36(35)43-40(37)42-39)34-25-32(28-15-6-2-7-16-28)24-33(26-34)29-17-8-3-9-18-29/h1-26H. The molecule has 0 bridgehead atoms. The van der Waals surface area contributed by atoms with Gasteiger partial charge in [0.25, 0.3) is 0 Å². The SMILES string of the molecule is c1ccc(-c2cccc(-c3nc(-c4cc(-c5ccccc5)cc(-c5ccccc5)c4)c4c(n3)oc3ccccc34)c2)cc1. The van der Waals surface area contributed by atoms with E-state index in [1.54, 1.807) is 0 Å². The fourth-order valence-corrected chi connectivity index (χ4v) is 5.79. The molecule has 0 unspecified atom stereocenters. The van der Waals surface area contributed by atoms with Gasteiger partial charge in [-0.2, -0.15) is 4.98 Å². The van der Waals surface area contributed by atoms with Gasteiger partial charge in [0.1, 0.15) is 5.58 Å². The minimum Gasteiger partial charge on any atom is -0.438 e. The maximum absolute atomic E-state index is 6.37. The molecule has 0 atom stereocenters. The predicted octanol–water partition coefficient (Wildman–Crippen LogP) is 10.7. The van der Waals surface area contributed by atoms with E-state index in [0.717, 1.165) is 66.6 Å². The van der Waals surface area contributed by atoms with E-state index >= 15 is 0 Å². The molecule has 2 heterocycles. The van der Waals surface area contributed by atoms with E-state index in [-0.39, 0.29) is 0 Å². The Balaban J connectivity index is 1.40. The Morgan fingerprint density at radius 1 is 0.372 bits per heavy atom. The summed E-state index contributed by atoms with van der Waals surface area (Å²) in [4.78, 5) is 10.3. The first-order chi connectivity index (χ1) is 21.3. The van der Waals surface area contributed by atoms with Gasteiger partial charge in [-0.1, -0.05) is 127 Å². The molecule has 0 radical (unpaired) electrons. The molecule has 202 valence electrons. The van der Waals surface area contributed by atoms with Crippen molar-refractivity contribution in [1.82, 2.24) is 9.97 Å². The number of furan rings is 1. The summed E-state index contributed by atoms with van der Waals surface area (Å²) < 4.78 is 6.37. The molecule has 0 fully saturated rings. The Labute approximate surface area is 249 Å². The first kappa shape index (κ1) is 25.0. The van der Waals surface area contributed by atoms with E-state index in [9.17, 15) is 0 Å². The molecule has 0 aliphatic carbocycles. The summed E-state index contributed by atoms with van der Waals surface area (Å²) in [5.74, 6) is 0.630. The van der Waals surface area contributed by atoms with Crippen molar-refractivity contribution in [3.8, 4) is 56.0 Å². The second-order valence-electron chi connectivity index (χ2n) is 10.7. The van der Waals surface area contributed by atoms with Crippen LogP contribution in [-0.4, -0.2) is 9.97 Å². The zero-order valence-corrected chi connectivity index (χ0v) is 23.3. The smallest absolute Gasteiger partial charge is 0.231 e. The molecule has 6 aromatic carbocycles. The lowest BCUT2D eigenvalue weighted by molar-refractivity contribution is 0.653. The summed E-state index contributed by atoms with van der Waals surface area (Å²) in [6.07, 6.45) is 0. The Hall–Kier alpha value is -5.80. The fraction of sp³-hybridized carbons (Fsp3) is 0. The number of fused-ring (bicyclic) bond motifs is 3. The third-order valence-corrected chi connectivity index (χ3v) is 7.89. The van der Waals surface area contributed by atoms with Gasteiger partial charge in [0.2, 0.25) is 5.71 Å². The number of nitrogens with zero attached hydrogens (tertiary/aromatic N) is 2. The first-order valence-electron chi connectivity index (χ1n) is 14.4. The summed E-state index contributed by atoms with van der Waals surface area (Å²) in [5.41, 5.74) is 11.0. The van der Waals surface area contributed by atoms with Crippen LogP contribution in [0.3, 0.4) is 0 Å². The summed E-state index contributed by atoms with van der Waals surface area (Å²) in [6.45, 7) is 0. The van der Waals surface area contributed by atoms with E-state index in [1.807, 2.05) is 36.4 Å². The minimum absolute atomic E-state index is 0.581. The molecular formula is C40H26N2O. The Morgan fingerprint density at radius 2 is 0.860 bits per heavy atom. The number of aromatic nitrogens is 2. The lowest BCUT2D eigenvalue weighted by atomic mass is 9.94. The van der Waals surface area contributed by atoms with Crippen molar-refractivity contribution in [3.63, 3.8) is 0 Å². The van der Waals surface area contributed by atoms with Crippen LogP contribution in [-0.2, 0) is 0 Å². The van der Waals surface area contributed by atoms with Crippen LogP contribution in [0, 0.1) is 0 Å². The van der Waals surface area contributed by atoms with Crippen LogP contribution in [0.2, 0.25) is 0 Å². The molecule has 0 N–H and O–H groups in total. The molecule has 3 heteroatoms. The highest BCUT2D eigenvalue weighted by Gasteiger charge is 2.19. The zero-order valence-electron chi connectivity index (χ0n) is 23.3. The zero-order chi connectivity index (χ0) is 28.6. The minimum atomic E-state index is 0.581. The highest BCUT2D eigenvalue weighted by molar-refractivity contribution is 6.11. The number of hydrogen-bond acceptors (Lipinski definition) is 3. The average molecular weight is 551 g/mol. The summed E-state index contributed by atoms with van der Waals surface area (Å²) >= 11 is 0.